The summed E-state index contributed by atoms with van der Waals surface area (Å²) in [6.45, 7) is 3.52. The lowest BCUT2D eigenvalue weighted by Gasteiger charge is -2.28. The molecule has 0 spiro atoms. The molecule has 0 bridgehead atoms. The van der Waals surface area contributed by atoms with Crippen LogP contribution >= 0.6 is 0 Å². The van der Waals surface area contributed by atoms with Gasteiger partial charge in [-0.25, -0.2) is 4.79 Å². The van der Waals surface area contributed by atoms with Crippen molar-refractivity contribution >= 4 is 71.2 Å². The third kappa shape index (κ3) is 25.5. The van der Waals surface area contributed by atoms with Gasteiger partial charge in [0.1, 0.15) is 47.8 Å². The molecule has 7 atom stereocenters. The van der Waals surface area contributed by atoms with E-state index in [-0.39, 0.29) is 139 Å². The van der Waals surface area contributed by atoms with E-state index in [1.165, 1.54) is 48.5 Å². The second kappa shape index (κ2) is 34.0. The van der Waals surface area contributed by atoms with Crippen LogP contribution in [0.15, 0.2) is 63.5 Å². The number of nitrogens with zero attached hydrogens (tertiary/aromatic N) is 3. The van der Waals surface area contributed by atoms with Crippen LogP contribution in [0.1, 0.15) is 82.8 Å². The molecule has 2 aromatic rings. The molecule has 0 unspecified atom stereocenters. The Kier molecular flexibility index (Phi) is 27.8. The van der Waals surface area contributed by atoms with E-state index in [0.29, 0.717) is 11.1 Å². The number of primary amides is 1. The van der Waals surface area contributed by atoms with Crippen molar-refractivity contribution in [1.29, 1.82) is 0 Å². The van der Waals surface area contributed by atoms with Gasteiger partial charge in [-0.05, 0) is 92.7 Å². The maximum absolute atomic E-state index is 14.6. The fourth-order valence-electron chi connectivity index (χ4n) is 7.90. The number of nitrogens with two attached hydrogens (primary N) is 7. The van der Waals surface area contributed by atoms with Crippen LogP contribution in [0.4, 0.5) is 4.79 Å². The highest BCUT2D eigenvalue weighted by atomic mass is 16.3. The molecule has 0 saturated heterocycles. The number of phenols is 2. The van der Waals surface area contributed by atoms with Gasteiger partial charge in [0.25, 0.3) is 0 Å². The second-order valence-electron chi connectivity index (χ2n) is 19.3. The number of benzene rings is 2. The van der Waals surface area contributed by atoms with E-state index in [1.54, 1.807) is 13.8 Å². The van der Waals surface area contributed by atoms with Gasteiger partial charge in [-0.1, -0.05) is 38.1 Å². The fraction of sp³-hybridized carbons (Fsp3) is 0.520. The molecule has 30 heteroatoms. The molecule has 1 heterocycles. The first-order valence-electron chi connectivity index (χ1n) is 26.1. The standard InChI is InChI=1S/C50H79N19O11/c1-27(2)24-37(45(78)64-34(7-4-20-60-48(55)56)42(75)66-36(40(52)73)25-28-9-13-30(70)14-10-28)67-44(77)35-8-5-21-61-49(57)69-50(80)62-23-22-58-39(72)18-17-32(51)41(74)63-33(6-3-19-59-47(53)54)43(76)68-38(46(79)65-35)26-29-11-15-31(71)16-12-29/h9-16,27,32-38,70-71H,3-8,17-26,51H2,1-2H3,(H2,52,73)(H,58,72)(H,63,74)(H,64,78)(H,65,79)(H,66,75)(H,67,77)(H,68,76)(H4,53,54,59)(H4,55,56,60)(H4,57,61,62,69,80)/t32-,33-,34-,35-,36-,37-,38-/m0/s1. The van der Waals surface area contributed by atoms with Crippen LogP contribution in [0.25, 0.3) is 0 Å². The van der Waals surface area contributed by atoms with Crippen LogP contribution < -0.4 is 88.0 Å². The minimum Gasteiger partial charge on any atom is -0.508 e. The van der Waals surface area contributed by atoms with E-state index in [0.717, 1.165) is 0 Å². The predicted molar refractivity (Wildman–Crippen MR) is 296 cm³/mol. The van der Waals surface area contributed by atoms with Gasteiger partial charge in [0.15, 0.2) is 17.9 Å². The van der Waals surface area contributed by atoms with Gasteiger partial charge in [0.2, 0.25) is 47.3 Å². The summed E-state index contributed by atoms with van der Waals surface area (Å²) in [5.74, 6) is -7.57. The number of urea groups is 1. The zero-order valence-corrected chi connectivity index (χ0v) is 45.0. The third-order valence-corrected chi connectivity index (χ3v) is 12.1. The number of hydrogen-bond acceptors (Lipinski definition) is 16. The molecule has 0 aliphatic carbocycles. The Hall–Kier alpha value is -8.96. The first-order chi connectivity index (χ1) is 37.9. The lowest BCUT2D eigenvalue weighted by molar-refractivity contribution is -0.135. The molecular weight excluding hydrogens is 1040 g/mol. The quantitative estimate of drug-likeness (QED) is 0.0316. The molecule has 30 nitrogen and oxygen atoms in total. The maximum atomic E-state index is 14.6. The molecule has 3 rings (SSSR count). The van der Waals surface area contributed by atoms with Crippen LogP contribution in [0.2, 0.25) is 0 Å². The molecule has 1 aliphatic rings. The van der Waals surface area contributed by atoms with Crippen LogP contribution in [-0.2, 0) is 51.2 Å². The number of carbonyl (C=O) groups excluding carboxylic acids is 9. The van der Waals surface area contributed by atoms with Crippen molar-refractivity contribution in [2.45, 2.75) is 127 Å². The maximum Gasteiger partial charge on any atom is 0.321 e. The summed E-state index contributed by atoms with van der Waals surface area (Å²) in [6, 6.07) is 1.31. The topological polar surface area (TPSA) is 522 Å². The summed E-state index contributed by atoms with van der Waals surface area (Å²) in [5, 5.41) is 43.2. The monoisotopic (exact) mass is 1120 g/mol. The van der Waals surface area contributed by atoms with E-state index in [1.807, 2.05) is 0 Å². The smallest absolute Gasteiger partial charge is 0.321 e. The number of aliphatic imine (C=N–C) groups is 3. The molecule has 2 aromatic carbocycles. The Morgan fingerprint density at radius 1 is 0.700 bits per heavy atom. The van der Waals surface area contributed by atoms with Crippen molar-refractivity contribution in [2.24, 2.45) is 61.0 Å². The van der Waals surface area contributed by atoms with Gasteiger partial charge in [-0.15, -0.1) is 0 Å². The number of aromatic hydroxyl groups is 2. The van der Waals surface area contributed by atoms with E-state index >= 15 is 0 Å². The molecule has 0 saturated carbocycles. The Bertz CT molecular complexity index is 2500. The van der Waals surface area contributed by atoms with Gasteiger partial charge in [-0.3, -0.25) is 58.7 Å². The second-order valence-corrected chi connectivity index (χ2v) is 19.3. The molecule has 10 amide bonds. The number of carbonyl (C=O) groups is 9. The van der Waals surface area contributed by atoms with Gasteiger partial charge in [-0.2, -0.15) is 0 Å². The number of nitrogens with one attached hydrogen (secondary N) is 9. The van der Waals surface area contributed by atoms with Crippen LogP contribution in [0, 0.1) is 5.92 Å². The van der Waals surface area contributed by atoms with Gasteiger partial charge >= 0.3 is 6.03 Å². The molecule has 0 aromatic heterocycles. The number of amides is 10. The molecule has 25 N–H and O–H groups in total. The minimum absolute atomic E-state index is 0.0000476. The van der Waals surface area contributed by atoms with Crippen LogP contribution in [0.5, 0.6) is 11.5 Å². The number of phenolic OH excluding ortho intramolecular Hbond substituents is 2. The van der Waals surface area contributed by atoms with E-state index in [4.69, 9.17) is 40.1 Å². The Balaban J connectivity index is 2.05. The number of guanidine groups is 3. The Labute approximate surface area is 462 Å². The van der Waals surface area contributed by atoms with Crippen molar-refractivity contribution < 1.29 is 53.4 Å². The highest BCUT2D eigenvalue weighted by Crippen LogP contribution is 2.15. The molecular formula is C50H79N19O11. The van der Waals surface area contributed by atoms with Gasteiger partial charge in [0.05, 0.1) is 6.04 Å². The van der Waals surface area contributed by atoms with Crippen molar-refractivity contribution in [3.8, 4) is 11.5 Å². The first-order valence-corrected chi connectivity index (χ1v) is 26.1. The van der Waals surface area contributed by atoms with Crippen molar-refractivity contribution in [3.05, 3.63) is 59.7 Å². The normalized spacial score (nSPS) is 19.4. The van der Waals surface area contributed by atoms with E-state index < -0.39 is 95.6 Å². The van der Waals surface area contributed by atoms with E-state index in [9.17, 15) is 53.4 Å². The van der Waals surface area contributed by atoms with Crippen LogP contribution in [0.3, 0.4) is 0 Å². The highest BCUT2D eigenvalue weighted by Gasteiger charge is 2.34. The van der Waals surface area contributed by atoms with Gasteiger partial charge < -0.3 is 92.9 Å². The third-order valence-electron chi connectivity index (χ3n) is 12.1. The van der Waals surface area contributed by atoms with Crippen molar-refractivity contribution in [3.63, 3.8) is 0 Å². The summed E-state index contributed by atoms with van der Waals surface area (Å²) in [5.41, 5.74) is 40.8. The average Bonchev–Trinajstić information content (AvgIpc) is 3.39. The van der Waals surface area contributed by atoms with Crippen molar-refractivity contribution in [1.82, 2.24) is 47.9 Å². The summed E-state index contributed by atoms with van der Waals surface area (Å²) < 4.78 is 0. The lowest BCUT2D eigenvalue weighted by Crippen LogP contribution is -2.60. The molecule has 440 valence electrons. The first kappa shape index (κ1) is 65.3. The number of hydrogen-bond donors (Lipinski definition) is 18. The minimum atomic E-state index is -1.48. The Morgan fingerprint density at radius 2 is 1.26 bits per heavy atom. The fourth-order valence-corrected chi connectivity index (χ4v) is 7.90. The molecule has 0 radical (unpaired) electrons. The summed E-state index contributed by atoms with van der Waals surface area (Å²) in [4.78, 5) is 135. The molecule has 80 heavy (non-hydrogen) atoms. The van der Waals surface area contributed by atoms with Crippen LogP contribution in [-0.4, -0.2) is 156 Å². The van der Waals surface area contributed by atoms with Crippen molar-refractivity contribution in [2.75, 3.05) is 32.7 Å². The number of rotatable bonds is 21. The zero-order chi connectivity index (χ0) is 59.3. The molecule has 0 fully saturated rings. The Morgan fingerprint density at radius 3 is 1.88 bits per heavy atom. The average molecular weight is 1120 g/mol. The van der Waals surface area contributed by atoms with Gasteiger partial charge in [0, 0.05) is 52.0 Å². The molecule has 1 aliphatic heterocycles. The summed E-state index contributed by atoms with van der Waals surface area (Å²) in [6.07, 6.45) is -0.566. The SMILES string of the molecule is CC(C)C[C@H](NC(=O)[C@@H]1CCCN=C(N)NC(=O)NCCNC(=O)CC[C@H](N)C(=O)N[C@@H](CCCN=C(N)N)C(=O)N[C@@H](Cc2ccc(O)cc2)C(=O)N1)C(=O)N[C@@H](CCCN=C(N)N)C(=O)N[C@@H](Cc1ccc(O)cc1)C(N)=O. The summed E-state index contributed by atoms with van der Waals surface area (Å²) >= 11 is 0. The summed E-state index contributed by atoms with van der Waals surface area (Å²) in [7, 11) is 0. The highest BCUT2D eigenvalue weighted by molar-refractivity contribution is 5.98. The predicted octanol–water partition coefficient (Wildman–Crippen LogP) is -4.94. The van der Waals surface area contributed by atoms with E-state index in [2.05, 4.69) is 62.8 Å². The zero-order valence-electron chi connectivity index (χ0n) is 45.0. The largest absolute Gasteiger partial charge is 0.508 e. The lowest BCUT2D eigenvalue weighted by atomic mass is 10.00.